The van der Waals surface area contributed by atoms with Crippen molar-refractivity contribution in [3.8, 4) is 16.9 Å². The maximum atomic E-state index is 13.3. The van der Waals surface area contributed by atoms with E-state index in [1.54, 1.807) is 24.5 Å². The number of carbonyl (C=O) groups excluding carboxylic acids is 1. The third kappa shape index (κ3) is 5.98. The van der Waals surface area contributed by atoms with Crippen LogP contribution in [0.5, 0.6) is 5.75 Å². The number of fused-ring (bicyclic) bond motifs is 1. The zero-order chi connectivity index (χ0) is 25.7. The number of hydrogen-bond acceptors (Lipinski definition) is 6. The van der Waals surface area contributed by atoms with Crippen molar-refractivity contribution in [3.05, 3.63) is 64.5 Å². The van der Waals surface area contributed by atoms with Crippen LogP contribution in [0.4, 0.5) is 11.4 Å². The van der Waals surface area contributed by atoms with Crippen LogP contribution < -0.4 is 11.1 Å². The van der Waals surface area contributed by atoms with Crippen molar-refractivity contribution in [3.63, 3.8) is 0 Å². The molecule has 2 aromatic carbocycles. The van der Waals surface area contributed by atoms with Gasteiger partial charge in [0.05, 0.1) is 44.7 Å². The van der Waals surface area contributed by atoms with Crippen LogP contribution in [0.15, 0.2) is 48.9 Å². The molecule has 2 aromatic heterocycles. The number of benzene rings is 2. The monoisotopic (exact) mass is 607 g/mol. The lowest BCUT2D eigenvalue weighted by Gasteiger charge is -2.26. The second-order valence-electron chi connectivity index (χ2n) is 10.1. The highest BCUT2D eigenvalue weighted by Crippen LogP contribution is 2.40. The molecule has 0 aliphatic heterocycles. The fraction of sp³-hybridized carbons (Fsp3) is 0.321. The highest BCUT2D eigenvalue weighted by Gasteiger charge is 2.33. The van der Waals surface area contributed by atoms with Gasteiger partial charge < -0.3 is 16.2 Å². The number of nitrogens with one attached hydrogen (secondary N) is 1. The smallest absolute Gasteiger partial charge is 0.169 e. The first kappa shape index (κ1) is 29.4. The molecule has 2 fully saturated rings. The van der Waals surface area contributed by atoms with E-state index in [1.807, 2.05) is 29.1 Å². The van der Waals surface area contributed by atoms with Crippen LogP contribution in [0.2, 0.25) is 10.0 Å². The molecule has 4 aromatic rings. The van der Waals surface area contributed by atoms with Crippen molar-refractivity contribution >= 4 is 76.1 Å². The second kappa shape index (κ2) is 11.9. The number of phenolic OH excluding ortho intramolecular Hbond substituents is 1. The molecule has 0 saturated heterocycles. The van der Waals surface area contributed by atoms with Gasteiger partial charge in [-0.25, -0.2) is 0 Å². The Morgan fingerprint density at radius 3 is 2.33 bits per heavy atom. The molecule has 0 spiro atoms. The van der Waals surface area contributed by atoms with E-state index in [1.165, 1.54) is 0 Å². The van der Waals surface area contributed by atoms with Crippen molar-refractivity contribution < 1.29 is 9.90 Å². The van der Waals surface area contributed by atoms with Gasteiger partial charge in [0.15, 0.2) is 11.5 Å². The first-order valence-corrected chi connectivity index (χ1v) is 13.3. The fourth-order valence-corrected chi connectivity index (χ4v) is 5.59. The summed E-state index contributed by atoms with van der Waals surface area (Å²) in [5.74, 6) is 0.00437. The highest BCUT2D eigenvalue weighted by molar-refractivity contribution is 6.37. The van der Waals surface area contributed by atoms with Gasteiger partial charge >= 0.3 is 0 Å². The Bertz CT molecular complexity index is 1490. The number of halogens is 4. The molecule has 2 aliphatic rings. The van der Waals surface area contributed by atoms with Crippen molar-refractivity contribution in [2.45, 2.75) is 50.6 Å². The summed E-state index contributed by atoms with van der Waals surface area (Å²) in [7, 11) is 0. The summed E-state index contributed by atoms with van der Waals surface area (Å²) in [4.78, 5) is 17.9. The van der Waals surface area contributed by atoms with E-state index < -0.39 is 0 Å². The Kier molecular flexibility index (Phi) is 8.98. The van der Waals surface area contributed by atoms with Gasteiger partial charge in [-0.05, 0) is 73.9 Å². The number of pyridine rings is 1. The summed E-state index contributed by atoms with van der Waals surface area (Å²) in [5, 5.41) is 19.3. The lowest BCUT2D eigenvalue weighted by Crippen LogP contribution is -2.27. The maximum absolute atomic E-state index is 13.3. The van der Waals surface area contributed by atoms with E-state index in [-0.39, 0.29) is 58.4 Å². The van der Waals surface area contributed by atoms with Crippen LogP contribution in [-0.2, 0) is 0 Å². The van der Waals surface area contributed by atoms with Crippen LogP contribution in [0.3, 0.4) is 0 Å². The van der Waals surface area contributed by atoms with E-state index >= 15 is 0 Å². The van der Waals surface area contributed by atoms with Crippen molar-refractivity contribution in [2.75, 3.05) is 5.32 Å². The van der Waals surface area contributed by atoms with Crippen LogP contribution in [-0.4, -0.2) is 31.7 Å². The van der Waals surface area contributed by atoms with Crippen LogP contribution in [0.1, 0.15) is 54.9 Å². The van der Waals surface area contributed by atoms with Gasteiger partial charge in [0.25, 0.3) is 0 Å². The van der Waals surface area contributed by atoms with Gasteiger partial charge in [-0.15, -0.1) is 24.8 Å². The topological polar surface area (TPSA) is 106 Å². The summed E-state index contributed by atoms with van der Waals surface area (Å²) >= 11 is 12.4. The van der Waals surface area contributed by atoms with E-state index in [0.29, 0.717) is 17.3 Å². The number of ketones is 1. The number of phenols is 1. The molecule has 0 radical (unpaired) electrons. The average molecular weight is 609 g/mol. The van der Waals surface area contributed by atoms with Gasteiger partial charge in [-0.1, -0.05) is 29.3 Å². The predicted octanol–water partition coefficient (Wildman–Crippen LogP) is 7.73. The van der Waals surface area contributed by atoms with E-state index in [9.17, 15) is 9.90 Å². The lowest BCUT2D eigenvalue weighted by atomic mass is 9.92. The molecular weight excluding hydrogens is 580 g/mol. The summed E-state index contributed by atoms with van der Waals surface area (Å²) in [5.41, 5.74) is 10.5. The zero-order valence-corrected chi connectivity index (χ0v) is 24.1. The zero-order valence-electron chi connectivity index (χ0n) is 20.9. The highest BCUT2D eigenvalue weighted by atomic mass is 35.5. The summed E-state index contributed by atoms with van der Waals surface area (Å²) < 4.78 is 2.01. The van der Waals surface area contributed by atoms with Gasteiger partial charge in [0, 0.05) is 29.7 Å². The number of rotatable bonds is 6. The molecule has 39 heavy (non-hydrogen) atoms. The van der Waals surface area contributed by atoms with Crippen LogP contribution in [0.25, 0.3) is 22.0 Å². The molecule has 4 N–H and O–H groups in total. The molecule has 0 unspecified atom stereocenters. The van der Waals surface area contributed by atoms with Gasteiger partial charge in [-0.3, -0.25) is 14.5 Å². The largest absolute Gasteiger partial charge is 0.505 e. The number of aromatic hydroxyl groups is 1. The standard InChI is InChI=1S/C28H27Cl2N5O2.2ClH/c29-23-10-17(11-24(30)28(23)37)16-3-8-25-21(9-16)26(22(13-32-25)27(36)15-1-2-15)34-19-12-33-35(14-19)20-6-4-18(31)5-7-20;;/h3,8-15,18,20,37H,1-2,4-7,31H2,(H,32,34);2*1H. The normalized spacial score (nSPS) is 18.7. The number of hydrogen-bond donors (Lipinski definition) is 3. The molecule has 206 valence electrons. The van der Waals surface area contributed by atoms with E-state index in [4.69, 9.17) is 28.9 Å². The van der Waals surface area contributed by atoms with E-state index in [0.717, 1.165) is 66.2 Å². The number of nitrogens with two attached hydrogens (primary N) is 1. The number of aromatic nitrogens is 3. The number of Topliss-reactive ketones (excluding diaryl/α,β-unsaturated/α-hetero) is 1. The van der Waals surface area contributed by atoms with Crippen molar-refractivity contribution in [1.29, 1.82) is 0 Å². The quantitative estimate of drug-likeness (QED) is 0.193. The second-order valence-corrected chi connectivity index (χ2v) is 10.9. The Labute approximate surface area is 248 Å². The van der Waals surface area contributed by atoms with Gasteiger partial charge in [0.1, 0.15) is 0 Å². The Hall–Kier alpha value is -2.55. The minimum atomic E-state index is -0.147. The number of carbonyl (C=O) groups is 1. The lowest BCUT2D eigenvalue weighted by molar-refractivity contribution is 0.0968. The minimum Gasteiger partial charge on any atom is -0.505 e. The molecule has 6 rings (SSSR count). The summed E-state index contributed by atoms with van der Waals surface area (Å²) in [6.07, 6.45) is 11.3. The molecule has 2 heterocycles. The van der Waals surface area contributed by atoms with Crippen LogP contribution in [0, 0.1) is 5.92 Å². The fourth-order valence-electron chi connectivity index (χ4n) is 5.10. The third-order valence-corrected chi connectivity index (χ3v) is 7.99. The summed E-state index contributed by atoms with van der Waals surface area (Å²) in [6.45, 7) is 0. The Morgan fingerprint density at radius 2 is 1.67 bits per heavy atom. The maximum Gasteiger partial charge on any atom is 0.169 e. The Morgan fingerprint density at radius 1 is 0.974 bits per heavy atom. The molecule has 2 saturated carbocycles. The molecule has 0 bridgehead atoms. The molecule has 0 amide bonds. The first-order valence-electron chi connectivity index (χ1n) is 12.6. The first-order chi connectivity index (χ1) is 17.9. The number of nitrogens with zero attached hydrogens (tertiary/aromatic N) is 3. The molecule has 0 atom stereocenters. The van der Waals surface area contributed by atoms with Crippen molar-refractivity contribution in [1.82, 2.24) is 14.8 Å². The predicted molar refractivity (Wildman–Crippen MR) is 161 cm³/mol. The van der Waals surface area contributed by atoms with Crippen molar-refractivity contribution in [2.24, 2.45) is 11.7 Å². The molecular formula is C28H29Cl4N5O2. The molecule has 7 nitrogen and oxygen atoms in total. The average Bonchev–Trinajstić information content (AvgIpc) is 3.65. The Balaban J connectivity index is 0.00000176. The van der Waals surface area contributed by atoms with Gasteiger partial charge in [0.2, 0.25) is 0 Å². The minimum absolute atomic E-state index is 0. The third-order valence-electron chi connectivity index (χ3n) is 7.42. The van der Waals surface area contributed by atoms with Crippen LogP contribution >= 0.6 is 48.0 Å². The summed E-state index contributed by atoms with van der Waals surface area (Å²) in [6, 6.07) is 9.74. The van der Waals surface area contributed by atoms with Gasteiger partial charge in [-0.2, -0.15) is 5.10 Å². The van der Waals surface area contributed by atoms with E-state index in [2.05, 4.69) is 15.4 Å². The number of anilines is 2. The SMILES string of the molecule is Cl.Cl.NC1CCC(n2cc(Nc3c(C(=O)C4CC4)cnc4ccc(-c5cc(Cl)c(O)c(Cl)c5)cc34)cn2)CC1. The molecule has 11 heteroatoms. The molecule has 2 aliphatic carbocycles.